The number of piperazine rings is 1. The van der Waals surface area contributed by atoms with Crippen molar-refractivity contribution in [3.05, 3.63) is 59.5 Å². The fraction of sp³-hybridized carbons (Fsp3) is 0.350. The number of hydrogen-bond donors (Lipinski definition) is 0. The fourth-order valence-electron chi connectivity index (χ4n) is 3.67. The maximum Gasteiger partial charge on any atom is 0.261 e. The summed E-state index contributed by atoms with van der Waals surface area (Å²) >= 11 is 0. The van der Waals surface area contributed by atoms with Gasteiger partial charge < -0.3 is 4.90 Å². The van der Waals surface area contributed by atoms with Gasteiger partial charge in [-0.2, -0.15) is 4.39 Å². The van der Waals surface area contributed by atoms with Crippen molar-refractivity contribution in [3.63, 3.8) is 0 Å². The van der Waals surface area contributed by atoms with Crippen LogP contribution in [0.4, 0.5) is 10.2 Å². The van der Waals surface area contributed by atoms with Gasteiger partial charge in [0.15, 0.2) is 0 Å². The highest BCUT2D eigenvalue weighted by molar-refractivity contribution is 6.21. The Balaban J connectivity index is 1.25. The van der Waals surface area contributed by atoms with E-state index in [-0.39, 0.29) is 11.8 Å². The quantitative estimate of drug-likeness (QED) is 0.597. The first-order chi connectivity index (χ1) is 13.1. The summed E-state index contributed by atoms with van der Waals surface area (Å²) in [6, 6.07) is 11.8. The first-order valence-electron chi connectivity index (χ1n) is 9.18. The number of benzene rings is 1. The molecule has 4 rings (SSSR count). The molecule has 0 radical (unpaired) electrons. The minimum atomic E-state index is -0.462. The molecule has 3 heterocycles. The molecular formula is C20H21FN4O2. The van der Waals surface area contributed by atoms with Crippen molar-refractivity contribution in [3.8, 4) is 0 Å². The van der Waals surface area contributed by atoms with E-state index >= 15 is 0 Å². The number of hydrogen-bond acceptors (Lipinski definition) is 5. The minimum absolute atomic E-state index is 0.197. The van der Waals surface area contributed by atoms with Gasteiger partial charge in [-0.15, -0.1) is 0 Å². The number of aromatic nitrogens is 1. The van der Waals surface area contributed by atoms with Gasteiger partial charge in [0.1, 0.15) is 5.82 Å². The van der Waals surface area contributed by atoms with Crippen molar-refractivity contribution in [2.45, 2.75) is 6.42 Å². The third-order valence-electron chi connectivity index (χ3n) is 5.13. The standard InChI is InChI=1S/C20H21FN4O2/c21-17-7-3-8-18(22-17)24-13-11-23(12-14-24)9-4-10-25-19(26)15-5-1-2-6-16(15)20(25)27/h1-3,5-8H,4,9-14H2. The average Bonchev–Trinajstić information content (AvgIpc) is 2.94. The highest BCUT2D eigenvalue weighted by Gasteiger charge is 2.34. The SMILES string of the molecule is O=C1c2ccccc2C(=O)N1CCCN1CCN(c2cccc(F)n2)CC1. The van der Waals surface area contributed by atoms with Crippen molar-refractivity contribution < 1.29 is 14.0 Å². The van der Waals surface area contributed by atoms with Crippen molar-refractivity contribution in [2.75, 3.05) is 44.2 Å². The molecule has 0 saturated carbocycles. The molecule has 140 valence electrons. The van der Waals surface area contributed by atoms with Crippen LogP contribution in [0.2, 0.25) is 0 Å². The van der Waals surface area contributed by atoms with Gasteiger partial charge in [0.25, 0.3) is 11.8 Å². The molecule has 1 fully saturated rings. The number of nitrogens with zero attached hydrogens (tertiary/aromatic N) is 4. The number of pyridine rings is 1. The monoisotopic (exact) mass is 368 g/mol. The van der Waals surface area contributed by atoms with Crippen LogP contribution in [0.15, 0.2) is 42.5 Å². The number of carbonyl (C=O) groups is 2. The van der Waals surface area contributed by atoms with Crippen molar-refractivity contribution in [2.24, 2.45) is 0 Å². The van der Waals surface area contributed by atoms with E-state index in [0.717, 1.165) is 39.1 Å². The van der Waals surface area contributed by atoms with Gasteiger partial charge in [-0.05, 0) is 37.2 Å². The van der Waals surface area contributed by atoms with Crippen LogP contribution in [0, 0.1) is 5.95 Å². The number of rotatable bonds is 5. The molecular weight excluding hydrogens is 347 g/mol. The zero-order valence-electron chi connectivity index (χ0n) is 15.0. The van der Waals surface area contributed by atoms with E-state index in [0.29, 0.717) is 23.5 Å². The molecule has 6 nitrogen and oxygen atoms in total. The number of fused-ring (bicyclic) bond motifs is 1. The summed E-state index contributed by atoms with van der Waals surface area (Å²) in [6.07, 6.45) is 0.740. The van der Waals surface area contributed by atoms with Crippen LogP contribution in [0.3, 0.4) is 0 Å². The van der Waals surface area contributed by atoms with Gasteiger partial charge >= 0.3 is 0 Å². The summed E-state index contributed by atoms with van der Waals surface area (Å²) in [5.74, 6) is -0.188. The Hall–Kier alpha value is -2.80. The normalized spacial score (nSPS) is 17.5. The Kier molecular flexibility index (Phi) is 4.85. The molecule has 1 saturated heterocycles. The van der Waals surface area contributed by atoms with Crippen LogP contribution in [0.25, 0.3) is 0 Å². The topological polar surface area (TPSA) is 56.8 Å². The largest absolute Gasteiger partial charge is 0.354 e. The Bertz CT molecular complexity index is 830. The van der Waals surface area contributed by atoms with E-state index in [1.54, 1.807) is 30.3 Å². The Labute approximate surface area is 157 Å². The number of amides is 2. The van der Waals surface area contributed by atoms with Crippen LogP contribution in [0.5, 0.6) is 0 Å². The van der Waals surface area contributed by atoms with E-state index < -0.39 is 5.95 Å². The summed E-state index contributed by atoms with van der Waals surface area (Å²) in [5.41, 5.74) is 0.998. The average molecular weight is 368 g/mol. The third kappa shape index (κ3) is 3.55. The van der Waals surface area contributed by atoms with Crippen molar-refractivity contribution in [1.82, 2.24) is 14.8 Å². The highest BCUT2D eigenvalue weighted by atomic mass is 19.1. The summed E-state index contributed by atoms with van der Waals surface area (Å²) in [4.78, 5) is 34.4. The molecule has 2 aliphatic heterocycles. The van der Waals surface area contributed by atoms with Gasteiger partial charge in [-0.3, -0.25) is 19.4 Å². The summed E-state index contributed by atoms with van der Waals surface area (Å²) < 4.78 is 13.3. The highest BCUT2D eigenvalue weighted by Crippen LogP contribution is 2.22. The smallest absolute Gasteiger partial charge is 0.261 e. The van der Waals surface area contributed by atoms with Gasteiger partial charge in [0.05, 0.1) is 11.1 Å². The molecule has 0 bridgehead atoms. The number of imide groups is 1. The molecule has 7 heteroatoms. The second-order valence-electron chi connectivity index (χ2n) is 6.81. The first kappa shape index (κ1) is 17.6. The van der Waals surface area contributed by atoms with E-state index in [9.17, 15) is 14.0 Å². The second kappa shape index (κ2) is 7.44. The Morgan fingerprint density at radius 2 is 1.52 bits per heavy atom. The molecule has 0 N–H and O–H groups in total. The molecule has 27 heavy (non-hydrogen) atoms. The van der Waals surface area contributed by atoms with Crippen LogP contribution in [-0.2, 0) is 0 Å². The molecule has 0 unspecified atom stereocenters. The van der Waals surface area contributed by atoms with Crippen molar-refractivity contribution in [1.29, 1.82) is 0 Å². The predicted octanol–water partition coefficient (Wildman–Crippen LogP) is 2.03. The van der Waals surface area contributed by atoms with E-state index in [1.165, 1.54) is 11.0 Å². The molecule has 0 spiro atoms. The van der Waals surface area contributed by atoms with Gasteiger partial charge in [0, 0.05) is 32.7 Å². The summed E-state index contributed by atoms with van der Waals surface area (Å²) in [5, 5.41) is 0. The maximum atomic E-state index is 13.3. The summed E-state index contributed by atoms with van der Waals surface area (Å²) in [6.45, 7) is 4.50. The zero-order chi connectivity index (χ0) is 18.8. The minimum Gasteiger partial charge on any atom is -0.354 e. The van der Waals surface area contributed by atoms with Gasteiger partial charge in [-0.25, -0.2) is 4.98 Å². The van der Waals surface area contributed by atoms with Gasteiger partial charge in [-0.1, -0.05) is 18.2 Å². The molecule has 1 aromatic carbocycles. The van der Waals surface area contributed by atoms with Gasteiger partial charge in [0.2, 0.25) is 5.95 Å². The lowest BCUT2D eigenvalue weighted by atomic mass is 10.1. The molecule has 0 aliphatic carbocycles. The Morgan fingerprint density at radius 3 is 2.15 bits per heavy atom. The maximum absolute atomic E-state index is 13.3. The van der Waals surface area contributed by atoms with Crippen LogP contribution in [0.1, 0.15) is 27.1 Å². The third-order valence-corrected chi connectivity index (χ3v) is 5.13. The lowest BCUT2D eigenvalue weighted by Gasteiger charge is -2.35. The lowest BCUT2D eigenvalue weighted by molar-refractivity contribution is 0.0647. The molecule has 2 aromatic rings. The van der Waals surface area contributed by atoms with E-state index in [1.807, 2.05) is 6.07 Å². The predicted molar refractivity (Wildman–Crippen MR) is 99.3 cm³/mol. The number of anilines is 1. The van der Waals surface area contributed by atoms with E-state index in [2.05, 4.69) is 14.8 Å². The molecule has 1 aromatic heterocycles. The van der Waals surface area contributed by atoms with Crippen LogP contribution in [-0.4, -0.2) is 65.9 Å². The summed E-state index contributed by atoms with van der Waals surface area (Å²) in [7, 11) is 0. The number of carbonyl (C=O) groups excluding carboxylic acids is 2. The van der Waals surface area contributed by atoms with Crippen LogP contribution < -0.4 is 4.90 Å². The van der Waals surface area contributed by atoms with E-state index in [4.69, 9.17) is 0 Å². The molecule has 0 atom stereocenters. The second-order valence-corrected chi connectivity index (χ2v) is 6.81. The zero-order valence-corrected chi connectivity index (χ0v) is 15.0. The molecule has 2 amide bonds. The Morgan fingerprint density at radius 1 is 0.852 bits per heavy atom. The van der Waals surface area contributed by atoms with Crippen LogP contribution >= 0.6 is 0 Å². The number of halogens is 1. The van der Waals surface area contributed by atoms with Crippen molar-refractivity contribution >= 4 is 17.6 Å². The lowest BCUT2D eigenvalue weighted by Crippen LogP contribution is -2.47. The molecule has 2 aliphatic rings. The fourth-order valence-corrected chi connectivity index (χ4v) is 3.67. The first-order valence-corrected chi connectivity index (χ1v) is 9.18.